The summed E-state index contributed by atoms with van der Waals surface area (Å²) in [6.07, 6.45) is -1.81. The minimum Gasteiger partial charge on any atom is -0.481 e. The Balaban J connectivity index is 0.000000348. The van der Waals surface area contributed by atoms with Crippen molar-refractivity contribution < 1.29 is 95.8 Å². The van der Waals surface area contributed by atoms with Gasteiger partial charge in [0.2, 0.25) is 24.4 Å². The topological polar surface area (TPSA) is 333 Å². The van der Waals surface area contributed by atoms with Crippen LogP contribution in [0.4, 0.5) is 21.0 Å². The molecule has 28 heteroatoms. The van der Waals surface area contributed by atoms with Crippen molar-refractivity contribution >= 4 is 82.9 Å². The number of hydrogen-bond donors (Lipinski definition) is 3. The smallest absolute Gasteiger partial charge is 0.412 e. The molecule has 2 aromatic carbocycles. The number of anilines is 2. The molecule has 6 rings (SSSR count). The molecule has 2 fully saturated rings. The second-order valence-corrected chi connectivity index (χ2v) is 26.8. The minimum absolute atomic E-state index is 0.131. The highest BCUT2D eigenvalue weighted by Crippen LogP contribution is 2.42. The number of aliphatic carboxylic acids is 1. The molecule has 28 nitrogen and oxygen atoms in total. The van der Waals surface area contributed by atoms with Gasteiger partial charge in [-0.05, 0) is 151 Å². The zero-order valence-electron chi connectivity index (χ0n) is 58.9. The fraction of sp³-hybridized carbons (Fsp3) is 0.647. The van der Waals surface area contributed by atoms with Crippen LogP contribution in [0.2, 0.25) is 0 Å². The Morgan fingerprint density at radius 2 is 0.948 bits per heavy atom. The molecule has 4 aliphatic rings. The highest BCUT2D eigenvalue weighted by Gasteiger charge is 2.45. The maximum Gasteiger partial charge on any atom is 0.412 e. The van der Waals surface area contributed by atoms with E-state index in [0.717, 1.165) is 0 Å². The number of esters is 3. The largest absolute Gasteiger partial charge is 0.481 e. The van der Waals surface area contributed by atoms with Crippen LogP contribution in [0.3, 0.4) is 0 Å². The SMILES string of the molecule is CCC(=O)NCCN1C(=O)C(C)(C)Oc2cc(C)c(C(=O)N(C(C)C)[C@@H]3CCCN(C(=O)OC(C)OC(=O)CCC(=O)O)C3)cc21.CCC(=O)NCCN1C(=O)C(C)(C)Oc2cc(C)c(C(=O)N(C(C)C)[C@@H]3CCCN(C(=O)OC(C)OC(=O)CCC(=O)OC(C)(C)C)C3)cc21. The van der Waals surface area contributed by atoms with Crippen molar-refractivity contribution in [3.8, 4) is 11.5 Å². The van der Waals surface area contributed by atoms with Crippen LogP contribution in [0.1, 0.15) is 200 Å². The third-order valence-corrected chi connectivity index (χ3v) is 16.2. The van der Waals surface area contributed by atoms with E-state index < -0.39 is 71.9 Å². The second-order valence-electron chi connectivity index (χ2n) is 26.8. The summed E-state index contributed by atoms with van der Waals surface area (Å²) >= 11 is 0. The Hall–Kier alpha value is -8.72. The van der Waals surface area contributed by atoms with Crippen LogP contribution in [0, 0.1) is 13.8 Å². The van der Waals surface area contributed by atoms with Gasteiger partial charge in [0.15, 0.2) is 11.2 Å². The first kappa shape index (κ1) is 78.0. The summed E-state index contributed by atoms with van der Waals surface area (Å²) in [7, 11) is 0. The van der Waals surface area contributed by atoms with E-state index in [9.17, 15) is 57.5 Å². The van der Waals surface area contributed by atoms with Gasteiger partial charge >= 0.3 is 36.1 Å². The number of benzene rings is 2. The van der Waals surface area contributed by atoms with E-state index in [1.165, 1.54) is 23.6 Å². The predicted molar refractivity (Wildman–Crippen MR) is 351 cm³/mol. The molecule has 0 aliphatic carbocycles. The number of hydrogen-bond acceptors (Lipinski definition) is 19. The lowest BCUT2D eigenvalue weighted by atomic mass is 9.97. The zero-order valence-corrected chi connectivity index (χ0v) is 58.9. The normalized spacial score (nSPS) is 17.7. The molecule has 2 saturated heterocycles. The Morgan fingerprint density at radius 1 is 0.583 bits per heavy atom. The molecule has 3 N–H and O–H groups in total. The van der Waals surface area contributed by atoms with E-state index >= 15 is 0 Å². The lowest BCUT2D eigenvalue weighted by Gasteiger charge is -2.42. The van der Waals surface area contributed by atoms with Gasteiger partial charge in [0.1, 0.15) is 17.1 Å². The number of likely N-dealkylation sites (tertiary alicyclic amines) is 2. The number of nitrogens with one attached hydrogen (secondary N) is 2. The second kappa shape index (κ2) is 33.8. The van der Waals surface area contributed by atoms with Gasteiger partial charge < -0.3 is 78.3 Å². The van der Waals surface area contributed by atoms with Crippen molar-refractivity contribution in [2.24, 2.45) is 0 Å². The van der Waals surface area contributed by atoms with Gasteiger partial charge in [-0.25, -0.2) is 9.59 Å². The summed E-state index contributed by atoms with van der Waals surface area (Å²) in [5, 5.41) is 14.3. The summed E-state index contributed by atoms with van der Waals surface area (Å²) in [6, 6.07) is 5.66. The third-order valence-electron chi connectivity index (χ3n) is 16.2. The van der Waals surface area contributed by atoms with Gasteiger partial charge in [-0.1, -0.05) is 13.8 Å². The van der Waals surface area contributed by atoms with Crippen LogP contribution in [0.5, 0.6) is 11.5 Å². The first-order chi connectivity index (χ1) is 44.8. The van der Waals surface area contributed by atoms with Crippen molar-refractivity contribution in [1.82, 2.24) is 30.2 Å². The highest BCUT2D eigenvalue weighted by molar-refractivity contribution is 6.06. The van der Waals surface area contributed by atoms with Crippen molar-refractivity contribution in [2.75, 3.05) is 62.2 Å². The zero-order chi connectivity index (χ0) is 71.9. The van der Waals surface area contributed by atoms with Gasteiger partial charge in [-0.2, -0.15) is 0 Å². The third kappa shape index (κ3) is 21.4. The van der Waals surface area contributed by atoms with Crippen molar-refractivity contribution in [2.45, 2.75) is 235 Å². The summed E-state index contributed by atoms with van der Waals surface area (Å²) in [5.41, 5.74) is 0.0273. The van der Waals surface area contributed by atoms with Crippen LogP contribution in [-0.2, 0) is 62.0 Å². The average Bonchev–Trinajstić information content (AvgIpc) is 0.762. The van der Waals surface area contributed by atoms with Crippen molar-refractivity contribution in [3.05, 3.63) is 46.5 Å². The van der Waals surface area contributed by atoms with E-state index in [-0.39, 0.29) is 118 Å². The van der Waals surface area contributed by atoms with E-state index in [4.69, 9.17) is 38.3 Å². The molecular weight excluding hydrogens is 1250 g/mol. The molecular formula is C68H100N8O20. The number of carbonyl (C=O) groups excluding carboxylic acids is 11. The Bertz CT molecular complexity index is 3210. The molecule has 4 aliphatic heterocycles. The molecule has 2 aromatic rings. The fourth-order valence-corrected chi connectivity index (χ4v) is 11.6. The summed E-state index contributed by atoms with van der Waals surface area (Å²) in [5.74, 6) is -3.63. The fourth-order valence-electron chi connectivity index (χ4n) is 11.6. The number of piperidine rings is 2. The number of fused-ring (bicyclic) bond motifs is 2. The summed E-state index contributed by atoms with van der Waals surface area (Å²) in [4.78, 5) is 161. The van der Waals surface area contributed by atoms with Crippen LogP contribution < -0.4 is 29.9 Å². The van der Waals surface area contributed by atoms with Gasteiger partial charge in [0, 0.05) is 102 Å². The van der Waals surface area contributed by atoms with Crippen LogP contribution >= 0.6 is 0 Å². The lowest BCUT2D eigenvalue weighted by Crippen LogP contribution is -2.55. The number of carboxylic acids is 1. The first-order valence-electron chi connectivity index (χ1n) is 33.0. The molecule has 8 amide bonds. The molecule has 0 saturated carbocycles. The molecule has 4 heterocycles. The van der Waals surface area contributed by atoms with Gasteiger partial charge in [0.25, 0.3) is 23.6 Å². The van der Waals surface area contributed by atoms with Gasteiger partial charge in [0.05, 0.1) is 49.1 Å². The monoisotopic (exact) mass is 1350 g/mol. The maximum atomic E-state index is 14.3. The molecule has 0 bridgehead atoms. The van der Waals surface area contributed by atoms with Crippen LogP contribution in [-0.4, -0.2) is 202 Å². The standard InChI is InChI=1S/C36H54N4O10.C32H46N4O10/c1-11-29(41)37-16-18-39-27-20-26(23(4)19-28(27)49-36(9,10)33(39)45)32(44)40(22(2)3)25-13-12-17-38(21-25)34(46)48-24(5)47-30(42)14-15-31(43)50-35(6,7)8;1-8-26(37)33-13-15-35-24-17-23(20(4)16-25(24)46-32(6,7)30(35)42)29(41)36(19(2)3)22-10-9-14-34(18-22)31(43)45-21(5)44-28(40)12-11-27(38)39/h19-20,22,24-25H,11-18,21H2,1-10H3,(H,37,41);16-17,19,21-22H,8-15,18H2,1-7H3,(H,33,37)(H,38,39)/t24?,25-;21?,22-/m11/s1. The van der Waals surface area contributed by atoms with E-state index in [1.54, 1.807) is 113 Å². The van der Waals surface area contributed by atoms with Crippen molar-refractivity contribution in [3.63, 3.8) is 0 Å². The summed E-state index contributed by atoms with van der Waals surface area (Å²) < 4.78 is 38.2. The van der Waals surface area contributed by atoms with Gasteiger partial charge in [-0.3, -0.25) is 47.9 Å². The number of rotatable bonds is 24. The molecule has 0 aromatic heterocycles. The molecule has 2 unspecified atom stereocenters. The highest BCUT2D eigenvalue weighted by atomic mass is 16.7. The van der Waals surface area contributed by atoms with Crippen molar-refractivity contribution in [1.29, 1.82) is 0 Å². The number of carbonyl (C=O) groups is 12. The van der Waals surface area contributed by atoms with E-state index in [2.05, 4.69) is 10.6 Å². The number of ether oxygens (including phenoxy) is 7. The molecule has 0 spiro atoms. The van der Waals surface area contributed by atoms with Gasteiger partial charge in [-0.15, -0.1) is 0 Å². The summed E-state index contributed by atoms with van der Waals surface area (Å²) in [6.45, 7) is 31.4. The number of aryl methyl sites for hydroxylation is 2. The number of carboxylic acid groups (broad SMARTS) is 1. The first-order valence-corrected chi connectivity index (χ1v) is 33.0. The average molecular weight is 1350 g/mol. The minimum atomic E-state index is -1.22. The Kier molecular flexibility index (Phi) is 27.4. The van der Waals surface area contributed by atoms with E-state index in [0.29, 0.717) is 96.7 Å². The van der Waals surface area contributed by atoms with Crippen LogP contribution in [0.15, 0.2) is 24.3 Å². The Labute approximate surface area is 562 Å². The van der Waals surface area contributed by atoms with E-state index in [1.807, 2.05) is 34.6 Å². The quantitative estimate of drug-likeness (QED) is 0.0514. The molecule has 96 heavy (non-hydrogen) atoms. The molecule has 532 valence electrons. The number of nitrogens with zero attached hydrogens (tertiary/aromatic N) is 6. The van der Waals surface area contributed by atoms with Crippen LogP contribution in [0.25, 0.3) is 0 Å². The maximum absolute atomic E-state index is 14.3. The Morgan fingerprint density at radius 3 is 1.29 bits per heavy atom. The lowest BCUT2D eigenvalue weighted by molar-refractivity contribution is -0.170. The molecule has 4 atom stereocenters. The number of amides is 8. The molecule has 0 radical (unpaired) electrons. The predicted octanol–water partition coefficient (Wildman–Crippen LogP) is 7.72.